The molecule has 0 unspecified atom stereocenters. The van der Waals surface area contributed by atoms with Crippen molar-refractivity contribution in [1.82, 2.24) is 9.21 Å². The Morgan fingerprint density at radius 2 is 1.95 bits per heavy atom. The molecule has 1 aliphatic rings. The van der Waals surface area contributed by atoms with Crippen LogP contribution in [0, 0.1) is 0 Å². The normalized spacial score (nSPS) is 17.7. The van der Waals surface area contributed by atoms with Gasteiger partial charge in [-0.25, -0.2) is 8.42 Å². The van der Waals surface area contributed by atoms with Crippen LogP contribution in [0.1, 0.15) is 22.2 Å². The van der Waals surface area contributed by atoms with Gasteiger partial charge in [0.25, 0.3) is 5.91 Å². The van der Waals surface area contributed by atoms with Gasteiger partial charge in [0.15, 0.2) is 0 Å². The molecular weight excluding hydrogens is 284 g/mol. The van der Waals surface area contributed by atoms with Crippen LogP contribution in [0.25, 0.3) is 0 Å². The number of aryl methyl sites for hydroxylation is 1. The summed E-state index contributed by atoms with van der Waals surface area (Å²) in [6, 6.07) is 1.93. The van der Waals surface area contributed by atoms with Crippen LogP contribution in [-0.2, 0) is 16.4 Å². The monoisotopic (exact) mass is 302 g/mol. The third kappa shape index (κ3) is 3.34. The number of thiophene rings is 1. The molecule has 0 aromatic carbocycles. The predicted molar refractivity (Wildman–Crippen MR) is 76.0 cm³/mol. The second kappa shape index (κ2) is 5.60. The predicted octanol–water partition coefficient (Wildman–Crippen LogP) is 1.03. The van der Waals surface area contributed by atoms with E-state index >= 15 is 0 Å². The lowest BCUT2D eigenvalue weighted by molar-refractivity contribution is 0.0699. The zero-order chi connectivity index (χ0) is 14.0. The minimum atomic E-state index is -3.14. The summed E-state index contributed by atoms with van der Waals surface area (Å²) in [7, 11) is -3.14. The highest BCUT2D eigenvalue weighted by Gasteiger charge is 2.26. The van der Waals surface area contributed by atoms with E-state index in [4.69, 9.17) is 0 Å². The van der Waals surface area contributed by atoms with E-state index in [1.807, 2.05) is 11.4 Å². The molecule has 2 heterocycles. The first kappa shape index (κ1) is 14.5. The molecule has 0 saturated carbocycles. The molecule has 1 saturated heterocycles. The lowest BCUT2D eigenvalue weighted by Crippen LogP contribution is -2.50. The van der Waals surface area contributed by atoms with Crippen LogP contribution < -0.4 is 0 Å². The van der Waals surface area contributed by atoms with Crippen molar-refractivity contribution in [2.24, 2.45) is 0 Å². The Bertz CT molecular complexity index is 557. The highest BCUT2D eigenvalue weighted by atomic mass is 32.2. The van der Waals surface area contributed by atoms with E-state index in [9.17, 15) is 13.2 Å². The van der Waals surface area contributed by atoms with Gasteiger partial charge in [0.1, 0.15) is 0 Å². The molecule has 0 spiro atoms. The SMILES string of the molecule is CCc1cc(C(=O)N2CCN(S(C)(=O)=O)CC2)cs1. The lowest BCUT2D eigenvalue weighted by Gasteiger charge is -2.33. The summed E-state index contributed by atoms with van der Waals surface area (Å²) in [5.74, 6) is 0.00380. The second-order valence-corrected chi connectivity index (χ2v) is 7.59. The molecule has 5 nitrogen and oxygen atoms in total. The highest BCUT2D eigenvalue weighted by molar-refractivity contribution is 7.88. The fourth-order valence-electron chi connectivity index (χ4n) is 2.08. The molecule has 1 fully saturated rings. The van der Waals surface area contributed by atoms with Crippen LogP contribution in [0.4, 0.5) is 0 Å². The topological polar surface area (TPSA) is 57.7 Å². The number of amides is 1. The van der Waals surface area contributed by atoms with Crippen molar-refractivity contribution in [3.05, 3.63) is 21.9 Å². The van der Waals surface area contributed by atoms with Gasteiger partial charge in [-0.3, -0.25) is 4.79 Å². The number of hydrogen-bond acceptors (Lipinski definition) is 4. The molecule has 1 amide bonds. The van der Waals surface area contributed by atoms with E-state index in [-0.39, 0.29) is 5.91 Å². The smallest absolute Gasteiger partial charge is 0.254 e. The van der Waals surface area contributed by atoms with Crippen LogP contribution in [0.3, 0.4) is 0 Å². The molecule has 2 rings (SSSR count). The van der Waals surface area contributed by atoms with E-state index in [1.165, 1.54) is 15.4 Å². The van der Waals surface area contributed by atoms with Gasteiger partial charge in [-0.1, -0.05) is 6.92 Å². The fourth-order valence-corrected chi connectivity index (χ4v) is 3.72. The third-order valence-corrected chi connectivity index (χ3v) is 5.63. The van der Waals surface area contributed by atoms with Crippen molar-refractivity contribution in [3.8, 4) is 0 Å². The van der Waals surface area contributed by atoms with Crippen molar-refractivity contribution in [1.29, 1.82) is 0 Å². The van der Waals surface area contributed by atoms with Crippen LogP contribution >= 0.6 is 11.3 Å². The summed E-state index contributed by atoms with van der Waals surface area (Å²) in [5, 5.41) is 1.88. The maximum Gasteiger partial charge on any atom is 0.254 e. The zero-order valence-corrected chi connectivity index (χ0v) is 12.8. The fraction of sp³-hybridized carbons (Fsp3) is 0.583. The van der Waals surface area contributed by atoms with E-state index in [1.54, 1.807) is 16.2 Å². The maximum atomic E-state index is 12.2. The number of piperazine rings is 1. The number of rotatable bonds is 3. The van der Waals surface area contributed by atoms with Gasteiger partial charge >= 0.3 is 0 Å². The Labute approximate surface area is 117 Å². The quantitative estimate of drug-likeness (QED) is 0.838. The first-order valence-electron chi connectivity index (χ1n) is 6.23. The Morgan fingerprint density at radius 1 is 1.32 bits per heavy atom. The van der Waals surface area contributed by atoms with Crippen LogP contribution in [-0.4, -0.2) is 56.0 Å². The Balaban J connectivity index is 1.99. The molecule has 106 valence electrons. The maximum absolute atomic E-state index is 12.2. The summed E-state index contributed by atoms with van der Waals surface area (Å²) in [6.45, 7) is 3.75. The van der Waals surface area contributed by atoms with Gasteiger partial charge in [0, 0.05) is 36.4 Å². The molecule has 0 radical (unpaired) electrons. The molecule has 0 N–H and O–H groups in total. The van der Waals surface area contributed by atoms with Gasteiger partial charge < -0.3 is 4.90 Å². The molecule has 1 aliphatic heterocycles. The van der Waals surface area contributed by atoms with Crippen molar-refractivity contribution in [2.45, 2.75) is 13.3 Å². The van der Waals surface area contributed by atoms with E-state index in [2.05, 4.69) is 6.92 Å². The minimum Gasteiger partial charge on any atom is -0.336 e. The van der Waals surface area contributed by atoms with Gasteiger partial charge in [-0.15, -0.1) is 11.3 Å². The number of carbonyl (C=O) groups excluding carboxylic acids is 1. The molecule has 19 heavy (non-hydrogen) atoms. The molecule has 0 aliphatic carbocycles. The Kier molecular flexibility index (Phi) is 4.27. The largest absolute Gasteiger partial charge is 0.336 e. The van der Waals surface area contributed by atoms with E-state index in [0.29, 0.717) is 26.2 Å². The summed E-state index contributed by atoms with van der Waals surface area (Å²) in [5.41, 5.74) is 0.717. The summed E-state index contributed by atoms with van der Waals surface area (Å²) in [6.07, 6.45) is 2.14. The molecule has 1 aromatic rings. The first-order chi connectivity index (χ1) is 8.91. The number of hydrogen-bond donors (Lipinski definition) is 0. The number of sulfonamides is 1. The molecule has 0 atom stereocenters. The highest BCUT2D eigenvalue weighted by Crippen LogP contribution is 2.18. The molecule has 0 bridgehead atoms. The van der Waals surface area contributed by atoms with Gasteiger partial charge in [-0.2, -0.15) is 4.31 Å². The number of carbonyl (C=O) groups is 1. The third-order valence-electron chi connectivity index (χ3n) is 3.24. The first-order valence-corrected chi connectivity index (χ1v) is 8.96. The Morgan fingerprint density at radius 3 is 2.42 bits per heavy atom. The molecule has 7 heteroatoms. The van der Waals surface area contributed by atoms with Crippen LogP contribution in [0.15, 0.2) is 11.4 Å². The number of nitrogens with zero attached hydrogens (tertiary/aromatic N) is 2. The minimum absolute atomic E-state index is 0.00380. The van der Waals surface area contributed by atoms with Crippen LogP contribution in [0.2, 0.25) is 0 Å². The Hall–Kier alpha value is -0.920. The summed E-state index contributed by atoms with van der Waals surface area (Å²) in [4.78, 5) is 15.2. The summed E-state index contributed by atoms with van der Waals surface area (Å²) < 4.78 is 24.2. The van der Waals surface area contributed by atoms with Crippen molar-refractivity contribution < 1.29 is 13.2 Å². The van der Waals surface area contributed by atoms with Gasteiger partial charge in [-0.05, 0) is 12.5 Å². The lowest BCUT2D eigenvalue weighted by atomic mass is 10.2. The van der Waals surface area contributed by atoms with Gasteiger partial charge in [0.2, 0.25) is 10.0 Å². The van der Waals surface area contributed by atoms with E-state index in [0.717, 1.165) is 12.0 Å². The molecular formula is C12H18N2O3S2. The summed E-state index contributed by atoms with van der Waals surface area (Å²) >= 11 is 1.59. The molecule has 1 aromatic heterocycles. The van der Waals surface area contributed by atoms with E-state index < -0.39 is 10.0 Å². The van der Waals surface area contributed by atoms with Crippen LogP contribution in [0.5, 0.6) is 0 Å². The standard InChI is InChI=1S/C12H18N2O3S2/c1-3-11-8-10(9-18-11)12(15)13-4-6-14(7-5-13)19(2,16)17/h8-9H,3-7H2,1-2H3. The van der Waals surface area contributed by atoms with Crippen molar-refractivity contribution >= 4 is 27.3 Å². The van der Waals surface area contributed by atoms with Crippen molar-refractivity contribution in [3.63, 3.8) is 0 Å². The zero-order valence-electron chi connectivity index (χ0n) is 11.1. The van der Waals surface area contributed by atoms with Crippen molar-refractivity contribution in [2.75, 3.05) is 32.4 Å². The second-order valence-electron chi connectivity index (χ2n) is 4.61. The average Bonchev–Trinajstić information content (AvgIpc) is 2.86. The average molecular weight is 302 g/mol. The van der Waals surface area contributed by atoms with Gasteiger partial charge in [0.05, 0.1) is 11.8 Å².